The van der Waals surface area contributed by atoms with Gasteiger partial charge in [0.2, 0.25) is 0 Å². The van der Waals surface area contributed by atoms with Crippen LogP contribution in [0.1, 0.15) is 43.3 Å². The van der Waals surface area contributed by atoms with Crippen LogP contribution >= 0.6 is 11.3 Å². The van der Waals surface area contributed by atoms with Crippen LogP contribution in [0.5, 0.6) is 0 Å². The molecule has 1 aliphatic rings. The summed E-state index contributed by atoms with van der Waals surface area (Å²) in [5, 5.41) is 9.30. The van der Waals surface area contributed by atoms with Gasteiger partial charge in [-0.05, 0) is 57.2 Å². The van der Waals surface area contributed by atoms with E-state index in [2.05, 4.69) is 20.6 Å². The fourth-order valence-electron chi connectivity index (χ4n) is 3.64. The third kappa shape index (κ3) is 4.99. The first-order chi connectivity index (χ1) is 14.8. The molecule has 0 bridgehead atoms. The van der Waals surface area contributed by atoms with Gasteiger partial charge in [-0.1, -0.05) is 0 Å². The van der Waals surface area contributed by atoms with Crippen molar-refractivity contribution in [3.8, 4) is 0 Å². The lowest BCUT2D eigenvalue weighted by Crippen LogP contribution is -2.50. The molecule has 1 atom stereocenters. The Balaban J connectivity index is 1.42. The molecule has 3 aromatic heterocycles. The van der Waals surface area contributed by atoms with Gasteiger partial charge in [-0.2, -0.15) is 0 Å². The number of piperidine rings is 1. The molecule has 0 spiro atoms. The zero-order valence-electron chi connectivity index (χ0n) is 17.9. The van der Waals surface area contributed by atoms with Crippen LogP contribution in [-0.4, -0.2) is 51.6 Å². The Labute approximate surface area is 185 Å². The Kier molecular flexibility index (Phi) is 5.86. The van der Waals surface area contributed by atoms with Crippen LogP contribution in [0.4, 0.5) is 16.2 Å². The Hall–Kier alpha value is -3.07. The van der Waals surface area contributed by atoms with Gasteiger partial charge in [0.1, 0.15) is 16.1 Å². The van der Waals surface area contributed by atoms with E-state index in [1.807, 2.05) is 50.5 Å². The number of rotatable bonds is 4. The van der Waals surface area contributed by atoms with Gasteiger partial charge in [-0.25, -0.2) is 9.78 Å². The van der Waals surface area contributed by atoms with Crippen molar-refractivity contribution in [2.24, 2.45) is 0 Å². The van der Waals surface area contributed by atoms with Gasteiger partial charge >= 0.3 is 6.09 Å². The first-order valence-corrected chi connectivity index (χ1v) is 11.2. The Morgan fingerprint density at radius 2 is 2.10 bits per heavy atom. The van der Waals surface area contributed by atoms with E-state index in [0.29, 0.717) is 18.0 Å². The fraction of sp³-hybridized carbons (Fsp3) is 0.409. The lowest BCUT2D eigenvalue weighted by Gasteiger charge is -2.34. The van der Waals surface area contributed by atoms with Crippen molar-refractivity contribution >= 4 is 45.7 Å². The molecule has 3 N–H and O–H groups in total. The van der Waals surface area contributed by atoms with E-state index in [-0.39, 0.29) is 18.0 Å². The molecule has 4 heterocycles. The number of aromatic amines is 1. The Bertz CT molecular complexity index is 1080. The summed E-state index contributed by atoms with van der Waals surface area (Å²) in [5.74, 6) is -0.145. The third-order valence-corrected chi connectivity index (χ3v) is 5.92. The number of amides is 2. The maximum Gasteiger partial charge on any atom is 0.410 e. The van der Waals surface area contributed by atoms with Crippen molar-refractivity contribution in [3.05, 3.63) is 40.8 Å². The molecular weight excluding hydrogens is 414 g/mol. The molecule has 31 heavy (non-hydrogen) atoms. The minimum absolute atomic E-state index is 0.110. The van der Waals surface area contributed by atoms with Crippen molar-refractivity contribution < 1.29 is 14.3 Å². The van der Waals surface area contributed by atoms with E-state index >= 15 is 0 Å². The van der Waals surface area contributed by atoms with E-state index in [9.17, 15) is 9.59 Å². The number of carbonyl (C=O) groups excluding carboxylic acids is 2. The van der Waals surface area contributed by atoms with Gasteiger partial charge in [0, 0.05) is 36.9 Å². The average Bonchev–Trinajstić information content (AvgIpc) is 3.36. The molecule has 0 radical (unpaired) electrons. The molecule has 0 aliphatic carbocycles. The number of thiophene rings is 1. The van der Waals surface area contributed by atoms with Gasteiger partial charge in [0.25, 0.3) is 5.91 Å². The number of H-pyrrole nitrogens is 1. The number of anilines is 2. The van der Waals surface area contributed by atoms with Crippen molar-refractivity contribution in [3.63, 3.8) is 0 Å². The van der Waals surface area contributed by atoms with Crippen LogP contribution < -0.4 is 10.6 Å². The second-order valence-corrected chi connectivity index (χ2v) is 9.54. The molecule has 1 unspecified atom stereocenters. The number of hydrogen-bond donors (Lipinski definition) is 3. The normalized spacial score (nSPS) is 16.9. The van der Waals surface area contributed by atoms with Crippen LogP contribution in [0, 0.1) is 0 Å². The smallest absolute Gasteiger partial charge is 0.410 e. The number of nitrogens with zero attached hydrogens (tertiary/aromatic N) is 2. The summed E-state index contributed by atoms with van der Waals surface area (Å²) in [6, 6.07) is 5.62. The van der Waals surface area contributed by atoms with Crippen LogP contribution in [0.2, 0.25) is 0 Å². The van der Waals surface area contributed by atoms with Gasteiger partial charge in [-0.15, -0.1) is 11.3 Å². The van der Waals surface area contributed by atoms with Crippen molar-refractivity contribution in [2.75, 3.05) is 18.4 Å². The predicted octanol–water partition coefficient (Wildman–Crippen LogP) is 4.50. The lowest BCUT2D eigenvalue weighted by molar-refractivity contribution is 0.0186. The van der Waals surface area contributed by atoms with Gasteiger partial charge in [0.15, 0.2) is 0 Å². The summed E-state index contributed by atoms with van der Waals surface area (Å²) in [5.41, 5.74) is 1.88. The summed E-state index contributed by atoms with van der Waals surface area (Å²) in [7, 11) is 0. The zero-order valence-corrected chi connectivity index (χ0v) is 18.7. The standard InChI is InChI=1S/C22H27N5O3S/c1-22(2,3)30-21(29)27-11-4-5-14(13-27)25-20(28)18-17(8-12-31-18)26-16-7-10-24-19-15(16)6-9-23-19/h6-10,12,14H,4-5,11,13H2,1-3H3,(H,25,28)(H2,23,24,26). The first kappa shape index (κ1) is 21.2. The maximum absolute atomic E-state index is 13.0. The van der Waals surface area contributed by atoms with E-state index in [1.165, 1.54) is 11.3 Å². The van der Waals surface area contributed by atoms with Crippen molar-refractivity contribution in [2.45, 2.75) is 45.3 Å². The molecule has 1 fully saturated rings. The second-order valence-electron chi connectivity index (χ2n) is 8.63. The molecule has 2 amide bonds. The number of carbonyl (C=O) groups is 2. The lowest BCUT2D eigenvalue weighted by atomic mass is 10.1. The van der Waals surface area contributed by atoms with E-state index < -0.39 is 5.60 Å². The summed E-state index contributed by atoms with van der Waals surface area (Å²) in [6.07, 6.45) is 4.87. The molecule has 3 aromatic rings. The Morgan fingerprint density at radius 1 is 1.26 bits per heavy atom. The quantitative estimate of drug-likeness (QED) is 0.554. The number of pyridine rings is 1. The zero-order chi connectivity index (χ0) is 22.0. The number of ether oxygens (including phenoxy) is 1. The van der Waals surface area contributed by atoms with Crippen LogP contribution in [0.25, 0.3) is 11.0 Å². The van der Waals surface area contributed by atoms with Gasteiger partial charge in [0.05, 0.1) is 11.4 Å². The predicted molar refractivity (Wildman–Crippen MR) is 122 cm³/mol. The number of hydrogen-bond acceptors (Lipinski definition) is 6. The maximum atomic E-state index is 13.0. The van der Waals surface area contributed by atoms with E-state index in [0.717, 1.165) is 35.2 Å². The molecular formula is C22H27N5O3S. The highest BCUT2D eigenvalue weighted by Crippen LogP contribution is 2.29. The van der Waals surface area contributed by atoms with Gasteiger partial charge < -0.3 is 25.3 Å². The fourth-order valence-corrected chi connectivity index (χ4v) is 4.39. The molecule has 9 heteroatoms. The van der Waals surface area contributed by atoms with Crippen molar-refractivity contribution in [1.29, 1.82) is 0 Å². The number of nitrogens with one attached hydrogen (secondary N) is 3. The average molecular weight is 442 g/mol. The monoisotopic (exact) mass is 441 g/mol. The number of likely N-dealkylation sites (tertiary alicyclic amines) is 1. The first-order valence-electron chi connectivity index (χ1n) is 10.4. The minimum atomic E-state index is -0.539. The second kappa shape index (κ2) is 8.58. The van der Waals surface area contributed by atoms with E-state index in [4.69, 9.17) is 4.74 Å². The Morgan fingerprint density at radius 3 is 2.90 bits per heavy atom. The van der Waals surface area contributed by atoms with Gasteiger partial charge in [-0.3, -0.25) is 4.79 Å². The molecule has 4 rings (SSSR count). The highest BCUT2D eigenvalue weighted by atomic mass is 32.1. The summed E-state index contributed by atoms with van der Waals surface area (Å²) >= 11 is 1.38. The number of aromatic nitrogens is 2. The summed E-state index contributed by atoms with van der Waals surface area (Å²) < 4.78 is 5.48. The molecule has 164 valence electrons. The highest BCUT2D eigenvalue weighted by molar-refractivity contribution is 7.12. The summed E-state index contributed by atoms with van der Waals surface area (Å²) in [6.45, 7) is 6.64. The summed E-state index contributed by atoms with van der Waals surface area (Å²) in [4.78, 5) is 35.1. The highest BCUT2D eigenvalue weighted by Gasteiger charge is 2.29. The molecule has 8 nitrogen and oxygen atoms in total. The van der Waals surface area contributed by atoms with Crippen LogP contribution in [0.15, 0.2) is 36.0 Å². The van der Waals surface area contributed by atoms with Crippen molar-refractivity contribution in [1.82, 2.24) is 20.2 Å². The molecule has 0 aromatic carbocycles. The number of fused-ring (bicyclic) bond motifs is 1. The molecule has 1 aliphatic heterocycles. The third-order valence-electron chi connectivity index (χ3n) is 5.01. The largest absolute Gasteiger partial charge is 0.444 e. The van der Waals surface area contributed by atoms with Crippen LogP contribution in [0.3, 0.4) is 0 Å². The van der Waals surface area contributed by atoms with Crippen LogP contribution in [-0.2, 0) is 4.74 Å². The van der Waals surface area contributed by atoms with E-state index in [1.54, 1.807) is 11.1 Å². The molecule has 0 saturated carbocycles. The topological polar surface area (TPSA) is 99.3 Å². The minimum Gasteiger partial charge on any atom is -0.444 e. The SMILES string of the molecule is CC(C)(C)OC(=O)N1CCCC(NC(=O)c2sccc2Nc2ccnc3[nH]ccc23)C1. The molecule has 1 saturated heterocycles.